The second-order valence-electron chi connectivity index (χ2n) is 6.11. The summed E-state index contributed by atoms with van der Waals surface area (Å²) in [7, 11) is 0. The number of aromatic nitrogens is 3. The van der Waals surface area contributed by atoms with E-state index in [2.05, 4.69) is 21.0 Å². The Hall–Kier alpha value is -3.86. The van der Waals surface area contributed by atoms with Gasteiger partial charge in [0.05, 0.1) is 12.5 Å². The molecular formula is C22H15N3O2. The summed E-state index contributed by atoms with van der Waals surface area (Å²) in [5.74, 6) is 1.29. The van der Waals surface area contributed by atoms with Crippen LogP contribution >= 0.6 is 0 Å². The summed E-state index contributed by atoms with van der Waals surface area (Å²) >= 11 is 0. The average Bonchev–Trinajstić information content (AvgIpc) is 3.38. The number of H-pyrrole nitrogens is 1. The number of para-hydroxylation sites is 1. The zero-order valence-corrected chi connectivity index (χ0v) is 14.3. The SMILES string of the molecule is c1ccc(Oc2ncccc2-c2cnc3[nH]cc(-c4ccoc4)c3c2)cc1. The van der Waals surface area contributed by atoms with E-state index in [4.69, 9.17) is 9.15 Å². The van der Waals surface area contributed by atoms with Crippen molar-refractivity contribution < 1.29 is 9.15 Å². The van der Waals surface area contributed by atoms with Crippen molar-refractivity contribution in [3.8, 4) is 33.9 Å². The van der Waals surface area contributed by atoms with Gasteiger partial charge in [-0.25, -0.2) is 9.97 Å². The maximum atomic E-state index is 6.00. The quantitative estimate of drug-likeness (QED) is 0.452. The molecule has 0 saturated carbocycles. The van der Waals surface area contributed by atoms with Crippen molar-refractivity contribution in [2.24, 2.45) is 0 Å². The van der Waals surface area contributed by atoms with E-state index in [1.54, 1.807) is 18.7 Å². The van der Waals surface area contributed by atoms with Crippen molar-refractivity contribution in [3.05, 3.63) is 85.7 Å². The van der Waals surface area contributed by atoms with Gasteiger partial charge in [0.15, 0.2) is 0 Å². The standard InChI is InChI=1S/C22H15N3O2/c1-2-5-17(6-3-1)27-22-18(7-4-9-23-22)16-11-19-20(15-8-10-26-14-15)13-25-21(19)24-12-16/h1-14H,(H,24,25). The van der Waals surface area contributed by atoms with E-state index in [0.29, 0.717) is 5.88 Å². The average molecular weight is 353 g/mol. The summed E-state index contributed by atoms with van der Waals surface area (Å²) in [5, 5.41) is 1.02. The van der Waals surface area contributed by atoms with Crippen LogP contribution in [0.4, 0.5) is 0 Å². The minimum atomic E-state index is 0.547. The van der Waals surface area contributed by atoms with E-state index in [1.165, 1.54) is 0 Å². The number of hydrogen-bond donors (Lipinski definition) is 1. The first-order valence-electron chi connectivity index (χ1n) is 8.56. The molecule has 5 nitrogen and oxygen atoms in total. The molecule has 0 aliphatic rings. The van der Waals surface area contributed by atoms with E-state index >= 15 is 0 Å². The lowest BCUT2D eigenvalue weighted by atomic mass is 10.0. The van der Waals surface area contributed by atoms with Gasteiger partial charge in [-0.15, -0.1) is 0 Å². The Labute approximate surface area is 155 Å². The highest BCUT2D eigenvalue weighted by molar-refractivity contribution is 5.95. The third kappa shape index (κ3) is 2.85. The number of fused-ring (bicyclic) bond motifs is 1. The van der Waals surface area contributed by atoms with Gasteiger partial charge in [0, 0.05) is 46.2 Å². The molecule has 0 amide bonds. The number of benzene rings is 1. The van der Waals surface area contributed by atoms with Gasteiger partial charge >= 0.3 is 0 Å². The molecule has 0 radical (unpaired) electrons. The Morgan fingerprint density at radius 3 is 2.67 bits per heavy atom. The van der Waals surface area contributed by atoms with Gasteiger partial charge in [-0.2, -0.15) is 0 Å². The van der Waals surface area contributed by atoms with E-state index in [1.807, 2.05) is 60.9 Å². The molecule has 1 aromatic carbocycles. The van der Waals surface area contributed by atoms with Crippen LogP contribution in [0.3, 0.4) is 0 Å². The van der Waals surface area contributed by atoms with Crippen molar-refractivity contribution in [2.45, 2.75) is 0 Å². The number of aromatic amines is 1. The van der Waals surface area contributed by atoms with Gasteiger partial charge in [-0.05, 0) is 36.4 Å². The minimum Gasteiger partial charge on any atom is -0.472 e. The number of rotatable bonds is 4. The second kappa shape index (κ2) is 6.46. The first-order valence-corrected chi connectivity index (χ1v) is 8.56. The first-order chi connectivity index (χ1) is 13.4. The van der Waals surface area contributed by atoms with Crippen LogP contribution in [0.5, 0.6) is 11.6 Å². The Morgan fingerprint density at radius 2 is 1.81 bits per heavy atom. The molecule has 5 rings (SSSR count). The van der Waals surface area contributed by atoms with Gasteiger partial charge in [0.2, 0.25) is 5.88 Å². The summed E-state index contributed by atoms with van der Waals surface area (Å²) in [6.07, 6.45) is 8.88. The summed E-state index contributed by atoms with van der Waals surface area (Å²) in [5.41, 5.74) is 4.69. The number of ether oxygens (including phenoxy) is 1. The zero-order chi connectivity index (χ0) is 18.1. The lowest BCUT2D eigenvalue weighted by Gasteiger charge is -2.10. The molecule has 130 valence electrons. The molecule has 0 unspecified atom stereocenters. The Bertz CT molecular complexity index is 1190. The second-order valence-corrected chi connectivity index (χ2v) is 6.11. The topological polar surface area (TPSA) is 63.9 Å². The lowest BCUT2D eigenvalue weighted by Crippen LogP contribution is -1.92. The number of pyridine rings is 2. The van der Waals surface area contributed by atoms with Crippen LogP contribution in [0.1, 0.15) is 0 Å². The third-order valence-electron chi connectivity index (χ3n) is 4.40. The highest BCUT2D eigenvalue weighted by Crippen LogP contribution is 2.35. The zero-order valence-electron chi connectivity index (χ0n) is 14.3. The van der Waals surface area contributed by atoms with Crippen molar-refractivity contribution in [2.75, 3.05) is 0 Å². The number of nitrogens with zero attached hydrogens (tertiary/aromatic N) is 2. The van der Waals surface area contributed by atoms with Crippen molar-refractivity contribution in [3.63, 3.8) is 0 Å². The van der Waals surface area contributed by atoms with Crippen molar-refractivity contribution >= 4 is 11.0 Å². The summed E-state index contributed by atoms with van der Waals surface area (Å²) < 4.78 is 11.2. The van der Waals surface area contributed by atoms with Crippen LogP contribution in [0, 0.1) is 0 Å². The minimum absolute atomic E-state index is 0.547. The molecule has 1 N–H and O–H groups in total. The summed E-state index contributed by atoms with van der Waals surface area (Å²) in [6, 6.07) is 17.5. The Kier molecular flexibility index (Phi) is 3.68. The van der Waals surface area contributed by atoms with Crippen LogP contribution in [0.15, 0.2) is 90.1 Å². The van der Waals surface area contributed by atoms with Gasteiger partial charge in [0.25, 0.3) is 0 Å². The molecule has 0 spiro atoms. The Morgan fingerprint density at radius 1 is 0.889 bits per heavy atom. The van der Waals surface area contributed by atoms with Crippen LogP contribution < -0.4 is 4.74 Å². The van der Waals surface area contributed by atoms with Gasteiger partial charge < -0.3 is 14.1 Å². The maximum Gasteiger partial charge on any atom is 0.227 e. The number of furan rings is 1. The fraction of sp³-hybridized carbons (Fsp3) is 0. The highest BCUT2D eigenvalue weighted by atomic mass is 16.5. The van der Waals surface area contributed by atoms with Crippen LogP contribution in [-0.2, 0) is 0 Å². The molecule has 5 aromatic rings. The van der Waals surface area contributed by atoms with Crippen molar-refractivity contribution in [1.29, 1.82) is 0 Å². The van der Waals surface area contributed by atoms with Crippen LogP contribution in [-0.4, -0.2) is 15.0 Å². The normalized spacial score (nSPS) is 11.0. The molecule has 0 bridgehead atoms. The predicted molar refractivity (Wildman–Crippen MR) is 104 cm³/mol. The Balaban J connectivity index is 1.61. The third-order valence-corrected chi connectivity index (χ3v) is 4.40. The van der Waals surface area contributed by atoms with Gasteiger partial charge in [-0.3, -0.25) is 0 Å². The van der Waals surface area contributed by atoms with Gasteiger partial charge in [0.1, 0.15) is 11.4 Å². The molecule has 4 aromatic heterocycles. The molecule has 0 atom stereocenters. The van der Waals surface area contributed by atoms with Crippen molar-refractivity contribution in [1.82, 2.24) is 15.0 Å². The largest absolute Gasteiger partial charge is 0.472 e. The molecule has 4 heterocycles. The van der Waals surface area contributed by atoms with E-state index in [0.717, 1.165) is 39.0 Å². The number of nitrogens with one attached hydrogen (secondary N) is 1. The molecule has 0 aliphatic heterocycles. The van der Waals surface area contributed by atoms with Crippen LogP contribution in [0.25, 0.3) is 33.3 Å². The highest BCUT2D eigenvalue weighted by Gasteiger charge is 2.13. The van der Waals surface area contributed by atoms with E-state index in [9.17, 15) is 0 Å². The van der Waals surface area contributed by atoms with Gasteiger partial charge in [-0.1, -0.05) is 18.2 Å². The molecule has 0 saturated heterocycles. The van der Waals surface area contributed by atoms with E-state index in [-0.39, 0.29) is 0 Å². The summed E-state index contributed by atoms with van der Waals surface area (Å²) in [6.45, 7) is 0. The fourth-order valence-electron chi connectivity index (χ4n) is 3.10. The monoisotopic (exact) mass is 353 g/mol. The molecular weight excluding hydrogens is 338 g/mol. The maximum absolute atomic E-state index is 6.00. The molecule has 0 aliphatic carbocycles. The molecule has 27 heavy (non-hydrogen) atoms. The fourth-order valence-corrected chi connectivity index (χ4v) is 3.10. The number of hydrogen-bond acceptors (Lipinski definition) is 4. The first kappa shape index (κ1) is 15.4. The lowest BCUT2D eigenvalue weighted by molar-refractivity contribution is 0.465. The van der Waals surface area contributed by atoms with E-state index < -0.39 is 0 Å². The smallest absolute Gasteiger partial charge is 0.227 e. The predicted octanol–water partition coefficient (Wildman–Crippen LogP) is 5.68. The summed E-state index contributed by atoms with van der Waals surface area (Å²) in [4.78, 5) is 12.2. The van der Waals surface area contributed by atoms with Crippen LogP contribution in [0.2, 0.25) is 0 Å². The molecule has 5 heteroatoms. The molecule has 0 fully saturated rings.